The first-order valence-corrected chi connectivity index (χ1v) is 6.89. The smallest absolute Gasteiger partial charge is 0.155 e. The van der Waals surface area contributed by atoms with E-state index in [0.29, 0.717) is 23.8 Å². The van der Waals surface area contributed by atoms with Gasteiger partial charge in [-0.15, -0.1) is 5.10 Å². The van der Waals surface area contributed by atoms with Crippen molar-refractivity contribution in [3.8, 4) is 22.7 Å². The normalized spacial score (nSPS) is 10.6. The standard InChI is InChI=1S/C16H15FN4O/c1-2-22-14-9-3-11(4-10-14)15-16(18)21(20-19-15)13-7-5-12(17)6-8-13/h3-10H,2,18H2,1H3. The molecule has 0 aliphatic rings. The number of ether oxygens (including phenoxy) is 1. The summed E-state index contributed by atoms with van der Waals surface area (Å²) in [5.41, 5.74) is 8.19. The minimum atomic E-state index is -0.311. The third-order valence-electron chi connectivity index (χ3n) is 3.21. The molecule has 2 N–H and O–H groups in total. The lowest BCUT2D eigenvalue weighted by Crippen LogP contribution is -2.02. The Morgan fingerprint density at radius 1 is 1.09 bits per heavy atom. The van der Waals surface area contributed by atoms with Gasteiger partial charge in [0, 0.05) is 5.56 Å². The van der Waals surface area contributed by atoms with E-state index in [2.05, 4.69) is 10.3 Å². The first-order chi connectivity index (χ1) is 10.7. The van der Waals surface area contributed by atoms with E-state index in [4.69, 9.17) is 10.5 Å². The molecular weight excluding hydrogens is 283 g/mol. The topological polar surface area (TPSA) is 66.0 Å². The van der Waals surface area contributed by atoms with Gasteiger partial charge in [0.25, 0.3) is 0 Å². The van der Waals surface area contributed by atoms with E-state index >= 15 is 0 Å². The number of benzene rings is 2. The fourth-order valence-corrected chi connectivity index (χ4v) is 2.14. The van der Waals surface area contributed by atoms with E-state index in [-0.39, 0.29) is 5.82 Å². The highest BCUT2D eigenvalue weighted by molar-refractivity contribution is 5.71. The summed E-state index contributed by atoms with van der Waals surface area (Å²) in [5.74, 6) is 0.876. The molecule has 112 valence electrons. The van der Waals surface area contributed by atoms with E-state index in [0.717, 1.165) is 11.3 Å². The maximum Gasteiger partial charge on any atom is 0.155 e. The van der Waals surface area contributed by atoms with Crippen LogP contribution >= 0.6 is 0 Å². The molecule has 0 aliphatic carbocycles. The van der Waals surface area contributed by atoms with Crippen LogP contribution in [0.2, 0.25) is 0 Å². The van der Waals surface area contributed by atoms with Crippen molar-refractivity contribution in [1.29, 1.82) is 0 Å². The van der Waals surface area contributed by atoms with Gasteiger partial charge in [-0.1, -0.05) is 5.21 Å². The lowest BCUT2D eigenvalue weighted by Gasteiger charge is -2.05. The quantitative estimate of drug-likeness (QED) is 0.804. The summed E-state index contributed by atoms with van der Waals surface area (Å²) in [6.07, 6.45) is 0. The number of anilines is 1. The zero-order valence-corrected chi connectivity index (χ0v) is 12.0. The molecule has 0 amide bonds. The Morgan fingerprint density at radius 2 is 1.77 bits per heavy atom. The lowest BCUT2D eigenvalue weighted by atomic mass is 10.1. The van der Waals surface area contributed by atoms with Crippen molar-refractivity contribution < 1.29 is 9.13 Å². The van der Waals surface area contributed by atoms with Gasteiger partial charge in [-0.3, -0.25) is 0 Å². The van der Waals surface area contributed by atoms with Gasteiger partial charge in [0.1, 0.15) is 17.3 Å². The number of hydrogen-bond acceptors (Lipinski definition) is 4. The van der Waals surface area contributed by atoms with Gasteiger partial charge in [-0.25, -0.2) is 4.39 Å². The predicted molar refractivity (Wildman–Crippen MR) is 82.3 cm³/mol. The highest BCUT2D eigenvalue weighted by atomic mass is 19.1. The third-order valence-corrected chi connectivity index (χ3v) is 3.21. The molecule has 1 heterocycles. The van der Waals surface area contributed by atoms with Crippen molar-refractivity contribution >= 4 is 5.82 Å². The molecule has 0 bridgehead atoms. The number of hydrogen-bond donors (Lipinski definition) is 1. The van der Waals surface area contributed by atoms with Crippen molar-refractivity contribution in [2.24, 2.45) is 0 Å². The Bertz CT molecular complexity index is 766. The van der Waals surface area contributed by atoms with E-state index in [9.17, 15) is 4.39 Å². The minimum absolute atomic E-state index is 0.311. The van der Waals surface area contributed by atoms with Gasteiger partial charge < -0.3 is 10.5 Å². The van der Waals surface area contributed by atoms with Crippen LogP contribution in [0.4, 0.5) is 10.2 Å². The summed E-state index contributed by atoms with van der Waals surface area (Å²) in [6.45, 7) is 2.54. The fourth-order valence-electron chi connectivity index (χ4n) is 2.14. The van der Waals surface area contributed by atoms with Crippen LogP contribution in [-0.2, 0) is 0 Å². The SMILES string of the molecule is CCOc1ccc(-c2nnn(-c3ccc(F)cc3)c2N)cc1. The number of nitrogens with two attached hydrogens (primary N) is 1. The number of nitrogen functional groups attached to an aromatic ring is 1. The van der Waals surface area contributed by atoms with Gasteiger partial charge in [0.05, 0.1) is 12.3 Å². The van der Waals surface area contributed by atoms with Crippen molar-refractivity contribution in [2.45, 2.75) is 6.92 Å². The molecule has 0 unspecified atom stereocenters. The molecule has 22 heavy (non-hydrogen) atoms. The molecule has 6 heteroatoms. The zero-order chi connectivity index (χ0) is 15.5. The molecule has 0 atom stereocenters. The second-order valence-corrected chi connectivity index (χ2v) is 4.67. The molecule has 3 rings (SSSR count). The lowest BCUT2D eigenvalue weighted by molar-refractivity contribution is 0.340. The molecule has 0 radical (unpaired) electrons. The largest absolute Gasteiger partial charge is 0.494 e. The Kier molecular flexibility index (Phi) is 3.74. The van der Waals surface area contributed by atoms with Crippen molar-refractivity contribution in [3.05, 3.63) is 54.3 Å². The molecule has 5 nitrogen and oxygen atoms in total. The Hall–Kier alpha value is -2.89. The van der Waals surface area contributed by atoms with E-state index in [1.54, 1.807) is 12.1 Å². The third kappa shape index (κ3) is 2.63. The van der Waals surface area contributed by atoms with Gasteiger partial charge >= 0.3 is 0 Å². The van der Waals surface area contributed by atoms with Gasteiger partial charge in [-0.05, 0) is 55.5 Å². The second kappa shape index (κ2) is 5.85. The maximum atomic E-state index is 13.0. The van der Waals surface area contributed by atoms with Crippen molar-refractivity contribution in [3.63, 3.8) is 0 Å². The van der Waals surface area contributed by atoms with Gasteiger partial charge in [-0.2, -0.15) is 4.68 Å². The fraction of sp³-hybridized carbons (Fsp3) is 0.125. The Morgan fingerprint density at radius 3 is 2.41 bits per heavy atom. The van der Waals surface area contributed by atoms with Crippen LogP contribution in [0.15, 0.2) is 48.5 Å². The predicted octanol–water partition coefficient (Wildman–Crippen LogP) is 3.05. The van der Waals surface area contributed by atoms with Crippen LogP contribution in [0.25, 0.3) is 16.9 Å². The molecule has 3 aromatic rings. The van der Waals surface area contributed by atoms with Crippen LogP contribution in [0.3, 0.4) is 0 Å². The van der Waals surface area contributed by atoms with E-state index in [1.807, 2.05) is 31.2 Å². The van der Waals surface area contributed by atoms with Crippen LogP contribution in [-0.4, -0.2) is 21.6 Å². The molecule has 1 aromatic heterocycles. The molecular formula is C16H15FN4O. The molecule has 0 fully saturated rings. The summed E-state index contributed by atoms with van der Waals surface area (Å²) >= 11 is 0. The molecule has 0 aliphatic heterocycles. The van der Waals surface area contributed by atoms with Crippen LogP contribution < -0.4 is 10.5 Å². The second-order valence-electron chi connectivity index (χ2n) is 4.67. The van der Waals surface area contributed by atoms with Gasteiger partial charge in [0.15, 0.2) is 5.82 Å². The summed E-state index contributed by atoms with van der Waals surface area (Å²) in [4.78, 5) is 0. The summed E-state index contributed by atoms with van der Waals surface area (Å²) in [7, 11) is 0. The number of halogens is 1. The highest BCUT2D eigenvalue weighted by Crippen LogP contribution is 2.27. The summed E-state index contributed by atoms with van der Waals surface area (Å²) in [5, 5.41) is 8.15. The maximum absolute atomic E-state index is 13.0. The van der Waals surface area contributed by atoms with Crippen LogP contribution in [0.1, 0.15) is 6.92 Å². The number of nitrogens with zero attached hydrogens (tertiary/aromatic N) is 3. The molecule has 2 aromatic carbocycles. The van der Waals surface area contributed by atoms with Crippen molar-refractivity contribution in [1.82, 2.24) is 15.0 Å². The number of rotatable bonds is 4. The molecule has 0 saturated heterocycles. The molecule has 0 saturated carbocycles. The average Bonchev–Trinajstić information content (AvgIpc) is 2.91. The van der Waals surface area contributed by atoms with Gasteiger partial charge in [0.2, 0.25) is 0 Å². The first kappa shape index (κ1) is 14.1. The van der Waals surface area contributed by atoms with E-state index in [1.165, 1.54) is 16.8 Å². The van der Waals surface area contributed by atoms with E-state index < -0.39 is 0 Å². The van der Waals surface area contributed by atoms with Crippen LogP contribution in [0, 0.1) is 5.82 Å². The molecule has 0 spiro atoms. The Labute approximate surface area is 127 Å². The highest BCUT2D eigenvalue weighted by Gasteiger charge is 2.13. The number of aromatic nitrogens is 3. The monoisotopic (exact) mass is 298 g/mol. The summed E-state index contributed by atoms with van der Waals surface area (Å²) in [6, 6.07) is 13.4. The average molecular weight is 298 g/mol. The van der Waals surface area contributed by atoms with Crippen molar-refractivity contribution in [2.75, 3.05) is 12.3 Å². The van der Waals surface area contributed by atoms with Crippen LogP contribution in [0.5, 0.6) is 5.75 Å². The summed E-state index contributed by atoms with van der Waals surface area (Å²) < 4.78 is 19.9. The Balaban J connectivity index is 1.94. The zero-order valence-electron chi connectivity index (χ0n) is 12.0. The minimum Gasteiger partial charge on any atom is -0.494 e. The first-order valence-electron chi connectivity index (χ1n) is 6.89.